The van der Waals surface area contributed by atoms with Crippen molar-refractivity contribution in [3.8, 4) is 11.8 Å². The lowest BCUT2D eigenvalue weighted by molar-refractivity contribution is 0.237. The first-order valence-electron chi connectivity index (χ1n) is 9.06. The van der Waals surface area contributed by atoms with Gasteiger partial charge in [0.1, 0.15) is 0 Å². The summed E-state index contributed by atoms with van der Waals surface area (Å²) in [5.41, 5.74) is 3.17. The van der Waals surface area contributed by atoms with Gasteiger partial charge in [0.15, 0.2) is 0 Å². The number of rotatable bonds is 4. The lowest BCUT2D eigenvalue weighted by Gasteiger charge is -2.28. The van der Waals surface area contributed by atoms with E-state index >= 15 is 0 Å². The van der Waals surface area contributed by atoms with Gasteiger partial charge in [-0.1, -0.05) is 6.07 Å². The SMILES string of the molecule is CS(=O)(=O)c1nc2c(c(=O)[nH]1)CN(Cc1cccn1-c1cccc(C#N)c1)CC2. The van der Waals surface area contributed by atoms with Gasteiger partial charge in [-0.25, -0.2) is 13.4 Å². The van der Waals surface area contributed by atoms with Gasteiger partial charge < -0.3 is 4.57 Å². The van der Waals surface area contributed by atoms with E-state index < -0.39 is 15.4 Å². The second-order valence-corrected chi connectivity index (χ2v) is 8.99. The Morgan fingerprint density at radius 1 is 1.28 bits per heavy atom. The smallest absolute Gasteiger partial charge is 0.256 e. The minimum Gasteiger partial charge on any atom is -0.320 e. The van der Waals surface area contributed by atoms with Gasteiger partial charge in [0.25, 0.3) is 5.56 Å². The molecule has 0 bridgehead atoms. The zero-order valence-electron chi connectivity index (χ0n) is 15.8. The highest BCUT2D eigenvalue weighted by molar-refractivity contribution is 7.90. The fraction of sp³-hybridized carbons (Fsp3) is 0.250. The molecule has 0 amide bonds. The second-order valence-electron chi connectivity index (χ2n) is 7.06. The zero-order valence-corrected chi connectivity index (χ0v) is 16.6. The summed E-state index contributed by atoms with van der Waals surface area (Å²) < 4.78 is 25.4. The van der Waals surface area contributed by atoms with Crippen molar-refractivity contribution in [1.29, 1.82) is 5.26 Å². The fourth-order valence-corrected chi connectivity index (χ4v) is 4.07. The van der Waals surface area contributed by atoms with Crippen LogP contribution in [0.3, 0.4) is 0 Å². The fourth-order valence-electron chi connectivity index (χ4n) is 3.52. The third-order valence-electron chi connectivity index (χ3n) is 4.95. The molecule has 0 radical (unpaired) electrons. The van der Waals surface area contributed by atoms with Crippen LogP contribution in [0.1, 0.15) is 22.5 Å². The van der Waals surface area contributed by atoms with Gasteiger partial charge in [0.2, 0.25) is 15.0 Å². The van der Waals surface area contributed by atoms with E-state index in [2.05, 4.69) is 20.9 Å². The van der Waals surface area contributed by atoms with Crippen LogP contribution in [0.5, 0.6) is 0 Å². The van der Waals surface area contributed by atoms with Crippen LogP contribution in [0, 0.1) is 11.3 Å². The molecule has 8 nitrogen and oxygen atoms in total. The summed E-state index contributed by atoms with van der Waals surface area (Å²) in [6, 6.07) is 13.5. The minimum absolute atomic E-state index is 0.277. The van der Waals surface area contributed by atoms with Crippen molar-refractivity contribution >= 4 is 9.84 Å². The summed E-state index contributed by atoms with van der Waals surface area (Å²) in [6.45, 7) is 1.66. The van der Waals surface area contributed by atoms with Gasteiger partial charge >= 0.3 is 0 Å². The third kappa shape index (κ3) is 3.85. The molecule has 1 aliphatic rings. The van der Waals surface area contributed by atoms with Crippen molar-refractivity contribution in [2.24, 2.45) is 0 Å². The molecule has 0 saturated heterocycles. The van der Waals surface area contributed by atoms with Crippen molar-refractivity contribution < 1.29 is 8.42 Å². The van der Waals surface area contributed by atoms with E-state index in [4.69, 9.17) is 5.26 Å². The summed E-state index contributed by atoms with van der Waals surface area (Å²) in [5.74, 6) is 0. The zero-order chi connectivity index (χ0) is 20.6. The van der Waals surface area contributed by atoms with Crippen LogP contribution in [0.4, 0.5) is 0 Å². The van der Waals surface area contributed by atoms with Crippen LogP contribution >= 0.6 is 0 Å². The molecule has 148 valence electrons. The van der Waals surface area contributed by atoms with E-state index in [1.807, 2.05) is 41.1 Å². The predicted molar refractivity (Wildman–Crippen MR) is 106 cm³/mol. The average Bonchev–Trinajstić information content (AvgIpc) is 3.15. The molecule has 1 aliphatic heterocycles. The first-order chi connectivity index (χ1) is 13.8. The Hall–Kier alpha value is -3.22. The number of aromatic nitrogens is 3. The molecule has 0 spiro atoms. The van der Waals surface area contributed by atoms with Crippen molar-refractivity contribution in [1.82, 2.24) is 19.4 Å². The number of H-pyrrole nitrogens is 1. The Morgan fingerprint density at radius 2 is 2.10 bits per heavy atom. The predicted octanol–water partition coefficient (Wildman–Crippen LogP) is 1.39. The second kappa shape index (κ2) is 7.31. The van der Waals surface area contributed by atoms with E-state index in [1.54, 1.807) is 6.07 Å². The maximum Gasteiger partial charge on any atom is 0.256 e. The molecule has 0 fully saturated rings. The minimum atomic E-state index is -3.56. The number of nitrogens with zero attached hydrogens (tertiary/aromatic N) is 4. The molecule has 0 atom stereocenters. The highest BCUT2D eigenvalue weighted by Crippen LogP contribution is 2.20. The Balaban J connectivity index is 1.59. The maximum absolute atomic E-state index is 12.4. The number of hydrogen-bond acceptors (Lipinski definition) is 6. The van der Waals surface area contributed by atoms with Crippen molar-refractivity contribution in [2.75, 3.05) is 12.8 Å². The molecule has 3 heterocycles. The molecule has 4 rings (SSSR count). The number of hydrogen-bond donors (Lipinski definition) is 1. The van der Waals surface area contributed by atoms with E-state index in [0.29, 0.717) is 42.9 Å². The number of nitrogens with one attached hydrogen (secondary N) is 1. The number of benzene rings is 1. The quantitative estimate of drug-likeness (QED) is 0.652. The van der Waals surface area contributed by atoms with Gasteiger partial charge in [0.05, 0.1) is 22.9 Å². The topological polar surface area (TPSA) is 112 Å². The van der Waals surface area contributed by atoms with Crippen molar-refractivity contribution in [3.63, 3.8) is 0 Å². The average molecular weight is 409 g/mol. The van der Waals surface area contributed by atoms with Gasteiger partial charge in [-0.2, -0.15) is 5.26 Å². The number of aromatic amines is 1. The summed E-state index contributed by atoms with van der Waals surface area (Å²) >= 11 is 0. The normalized spacial score (nSPS) is 14.3. The third-order valence-corrected chi connectivity index (χ3v) is 5.85. The molecular formula is C20H19N5O3S. The molecule has 2 aromatic heterocycles. The molecule has 29 heavy (non-hydrogen) atoms. The van der Waals surface area contributed by atoms with Gasteiger partial charge in [-0.15, -0.1) is 0 Å². The first kappa shape index (κ1) is 19.1. The lowest BCUT2D eigenvalue weighted by atomic mass is 10.1. The Bertz CT molecular complexity index is 1280. The molecule has 1 aromatic carbocycles. The molecule has 9 heteroatoms. The van der Waals surface area contributed by atoms with Crippen LogP contribution in [0.2, 0.25) is 0 Å². The van der Waals surface area contributed by atoms with Gasteiger partial charge in [0, 0.05) is 49.9 Å². The Morgan fingerprint density at radius 3 is 2.86 bits per heavy atom. The molecule has 0 unspecified atom stereocenters. The summed E-state index contributed by atoms with van der Waals surface area (Å²) in [6.07, 6.45) is 3.48. The monoisotopic (exact) mass is 409 g/mol. The van der Waals surface area contributed by atoms with Crippen LogP contribution < -0.4 is 5.56 Å². The Kier molecular flexibility index (Phi) is 4.82. The molecule has 3 aromatic rings. The standard InChI is InChI=1S/C20H19N5O3S/c1-29(27,28)20-22-18-7-9-24(13-17(18)19(26)23-20)12-16-6-3-8-25(16)15-5-2-4-14(10-15)11-21/h2-6,8,10H,7,9,12-13H2,1H3,(H,22,23,26). The highest BCUT2D eigenvalue weighted by Gasteiger charge is 2.24. The van der Waals surface area contributed by atoms with E-state index in [-0.39, 0.29) is 5.16 Å². The number of fused-ring (bicyclic) bond motifs is 1. The molecule has 1 N–H and O–H groups in total. The van der Waals surface area contributed by atoms with E-state index in [0.717, 1.165) is 17.6 Å². The highest BCUT2D eigenvalue weighted by atomic mass is 32.2. The van der Waals surface area contributed by atoms with E-state index in [9.17, 15) is 13.2 Å². The van der Waals surface area contributed by atoms with Gasteiger partial charge in [-0.05, 0) is 30.3 Å². The Labute approximate surface area is 168 Å². The molecular weight excluding hydrogens is 390 g/mol. The molecule has 0 aliphatic carbocycles. The molecule has 0 saturated carbocycles. The lowest BCUT2D eigenvalue weighted by Crippen LogP contribution is -2.36. The van der Waals surface area contributed by atoms with Crippen molar-refractivity contribution in [2.45, 2.75) is 24.7 Å². The number of nitriles is 1. The summed E-state index contributed by atoms with van der Waals surface area (Å²) in [4.78, 5) is 21.1. The van der Waals surface area contributed by atoms with Crippen LogP contribution in [-0.2, 0) is 29.3 Å². The maximum atomic E-state index is 12.4. The summed E-state index contributed by atoms with van der Waals surface area (Å²) in [7, 11) is -3.56. The largest absolute Gasteiger partial charge is 0.320 e. The van der Waals surface area contributed by atoms with Crippen LogP contribution in [0.25, 0.3) is 5.69 Å². The van der Waals surface area contributed by atoms with Crippen molar-refractivity contribution in [3.05, 3.63) is 75.5 Å². The number of sulfone groups is 1. The van der Waals surface area contributed by atoms with Gasteiger partial charge in [-0.3, -0.25) is 14.7 Å². The van der Waals surface area contributed by atoms with Crippen LogP contribution in [0.15, 0.2) is 52.5 Å². The summed E-state index contributed by atoms with van der Waals surface area (Å²) in [5, 5.41) is 8.86. The van der Waals surface area contributed by atoms with E-state index in [1.165, 1.54) is 0 Å². The van der Waals surface area contributed by atoms with Crippen LogP contribution in [-0.4, -0.2) is 40.7 Å². The first-order valence-corrected chi connectivity index (χ1v) is 11.0.